The van der Waals surface area contributed by atoms with Crippen molar-refractivity contribution in [3.05, 3.63) is 64.9 Å². The smallest absolute Gasteiger partial charge is 0.324 e. The molecule has 2 heterocycles. The van der Waals surface area contributed by atoms with Gasteiger partial charge in [-0.05, 0) is 61.7 Å². The van der Waals surface area contributed by atoms with Crippen molar-refractivity contribution in [2.75, 3.05) is 37.7 Å². The fraction of sp³-hybridized carbons (Fsp3) is 0.391. The third kappa shape index (κ3) is 4.20. The van der Waals surface area contributed by atoms with Gasteiger partial charge in [0.15, 0.2) is 5.82 Å². The van der Waals surface area contributed by atoms with Crippen LogP contribution in [0.3, 0.4) is 0 Å². The molecule has 1 aliphatic carbocycles. The summed E-state index contributed by atoms with van der Waals surface area (Å²) in [7, 11) is -3.57. The van der Waals surface area contributed by atoms with Crippen molar-refractivity contribution in [2.45, 2.75) is 30.1 Å². The van der Waals surface area contributed by atoms with E-state index in [0.717, 1.165) is 18.4 Å². The summed E-state index contributed by atoms with van der Waals surface area (Å²) < 4.78 is 38.5. The predicted molar refractivity (Wildman–Crippen MR) is 124 cm³/mol. The predicted octanol–water partition coefficient (Wildman–Crippen LogP) is 3.71. The van der Waals surface area contributed by atoms with Crippen LogP contribution in [-0.4, -0.2) is 55.6 Å². The summed E-state index contributed by atoms with van der Waals surface area (Å²) in [6.07, 6.45) is 1.92. The van der Waals surface area contributed by atoms with Crippen molar-refractivity contribution in [3.8, 4) is 5.75 Å². The Labute approximate surface area is 198 Å². The Bertz CT molecular complexity index is 1220. The second-order valence-electron chi connectivity index (χ2n) is 8.29. The molecule has 1 saturated carbocycles. The van der Waals surface area contributed by atoms with Gasteiger partial charge in [0.1, 0.15) is 5.75 Å². The van der Waals surface area contributed by atoms with Crippen LogP contribution in [-0.2, 0) is 15.4 Å². The first-order valence-electron chi connectivity index (χ1n) is 11.0. The number of anilines is 1. The topological polar surface area (TPSA) is 88.8 Å². The monoisotopic (exact) mass is 488 g/mol. The Balaban J connectivity index is 1.25. The van der Waals surface area contributed by atoms with E-state index in [2.05, 4.69) is 10.1 Å². The number of hydrogen-bond donors (Lipinski definition) is 0. The van der Waals surface area contributed by atoms with Crippen molar-refractivity contribution in [1.29, 1.82) is 0 Å². The lowest BCUT2D eigenvalue weighted by Crippen LogP contribution is -2.48. The van der Waals surface area contributed by atoms with Gasteiger partial charge in [-0.25, -0.2) is 8.42 Å². The first-order chi connectivity index (χ1) is 15.9. The highest BCUT2D eigenvalue weighted by Gasteiger charge is 2.50. The van der Waals surface area contributed by atoms with E-state index in [1.807, 2.05) is 36.1 Å². The van der Waals surface area contributed by atoms with E-state index in [4.69, 9.17) is 20.9 Å². The Kier molecular flexibility index (Phi) is 5.80. The molecule has 0 amide bonds. The molecule has 0 bridgehead atoms. The third-order valence-electron chi connectivity index (χ3n) is 6.27. The zero-order valence-corrected chi connectivity index (χ0v) is 19.8. The number of aromatic nitrogens is 2. The molecule has 0 spiro atoms. The average molecular weight is 489 g/mol. The maximum atomic E-state index is 13.0. The standard InChI is InChI=1S/C23H25ClN4O4S/c1-2-31-19-7-9-20(10-8-19)33(29,30)28-15-13-27(14-16-28)22-25-21(26-32-22)23(11-12-23)17-3-5-18(24)6-4-17/h3-10H,2,11-16H2,1H3. The summed E-state index contributed by atoms with van der Waals surface area (Å²) in [5, 5.41) is 4.95. The Morgan fingerprint density at radius 1 is 1.03 bits per heavy atom. The molecular weight excluding hydrogens is 464 g/mol. The second-order valence-corrected chi connectivity index (χ2v) is 10.7. The van der Waals surface area contributed by atoms with Crippen LogP contribution in [0.1, 0.15) is 31.2 Å². The molecule has 33 heavy (non-hydrogen) atoms. The maximum Gasteiger partial charge on any atom is 0.324 e. The minimum absolute atomic E-state index is 0.217. The molecule has 0 N–H and O–H groups in total. The van der Waals surface area contributed by atoms with Gasteiger partial charge in [-0.15, -0.1) is 0 Å². The van der Waals surface area contributed by atoms with Crippen LogP contribution < -0.4 is 9.64 Å². The minimum Gasteiger partial charge on any atom is -0.494 e. The van der Waals surface area contributed by atoms with Gasteiger partial charge in [-0.1, -0.05) is 28.9 Å². The van der Waals surface area contributed by atoms with Crippen LogP contribution in [0.15, 0.2) is 57.9 Å². The summed E-state index contributed by atoms with van der Waals surface area (Å²) in [5.41, 5.74) is 0.913. The first-order valence-corrected chi connectivity index (χ1v) is 12.8. The molecule has 1 aliphatic heterocycles. The summed E-state index contributed by atoms with van der Waals surface area (Å²) in [5.74, 6) is 1.32. The Morgan fingerprint density at radius 2 is 1.70 bits per heavy atom. The largest absolute Gasteiger partial charge is 0.494 e. The number of ether oxygens (including phenoxy) is 1. The molecule has 8 nitrogen and oxygen atoms in total. The van der Waals surface area contributed by atoms with Gasteiger partial charge in [-0.3, -0.25) is 0 Å². The van der Waals surface area contributed by atoms with E-state index in [1.54, 1.807) is 24.3 Å². The molecule has 0 atom stereocenters. The van der Waals surface area contributed by atoms with Gasteiger partial charge in [0.25, 0.3) is 0 Å². The molecule has 2 fully saturated rings. The lowest BCUT2D eigenvalue weighted by atomic mass is 9.95. The van der Waals surface area contributed by atoms with E-state index in [9.17, 15) is 8.42 Å². The third-order valence-corrected chi connectivity index (χ3v) is 8.44. The van der Waals surface area contributed by atoms with Crippen molar-refractivity contribution < 1.29 is 17.7 Å². The van der Waals surface area contributed by atoms with Crippen LogP contribution in [0.5, 0.6) is 5.75 Å². The number of hydrogen-bond acceptors (Lipinski definition) is 7. The highest BCUT2D eigenvalue weighted by molar-refractivity contribution is 7.89. The summed E-state index contributed by atoms with van der Waals surface area (Å²) >= 11 is 6.03. The fourth-order valence-corrected chi connectivity index (χ4v) is 5.77. The van der Waals surface area contributed by atoms with E-state index in [0.29, 0.717) is 55.4 Å². The number of nitrogens with zero attached hydrogens (tertiary/aromatic N) is 4. The van der Waals surface area contributed by atoms with Crippen LogP contribution in [0.25, 0.3) is 0 Å². The molecular formula is C23H25ClN4O4S. The number of benzene rings is 2. The van der Waals surface area contributed by atoms with Crippen LogP contribution in [0.2, 0.25) is 5.02 Å². The maximum absolute atomic E-state index is 13.0. The van der Waals surface area contributed by atoms with E-state index < -0.39 is 10.0 Å². The second kappa shape index (κ2) is 8.62. The van der Waals surface area contributed by atoms with Crippen molar-refractivity contribution in [3.63, 3.8) is 0 Å². The Morgan fingerprint density at radius 3 is 2.30 bits per heavy atom. The first kappa shape index (κ1) is 22.2. The molecule has 3 aromatic rings. The highest BCUT2D eigenvalue weighted by atomic mass is 35.5. The van der Waals surface area contributed by atoms with Crippen molar-refractivity contribution in [2.24, 2.45) is 0 Å². The van der Waals surface area contributed by atoms with Gasteiger partial charge >= 0.3 is 6.01 Å². The molecule has 5 rings (SSSR count). The molecule has 2 aliphatic rings. The van der Waals surface area contributed by atoms with Gasteiger partial charge in [0.2, 0.25) is 10.0 Å². The zero-order chi connectivity index (χ0) is 23.1. The lowest BCUT2D eigenvalue weighted by molar-refractivity contribution is 0.339. The lowest BCUT2D eigenvalue weighted by Gasteiger charge is -2.32. The van der Waals surface area contributed by atoms with E-state index in [-0.39, 0.29) is 10.3 Å². The fourth-order valence-electron chi connectivity index (χ4n) is 4.22. The molecule has 10 heteroatoms. The minimum atomic E-state index is -3.57. The van der Waals surface area contributed by atoms with Gasteiger partial charge in [0, 0.05) is 31.2 Å². The molecule has 1 saturated heterocycles. The number of rotatable bonds is 7. The summed E-state index contributed by atoms with van der Waals surface area (Å²) in [6, 6.07) is 14.7. The number of halogens is 1. The van der Waals surface area contributed by atoms with Gasteiger partial charge < -0.3 is 14.2 Å². The Hall–Kier alpha value is -2.62. The van der Waals surface area contributed by atoms with E-state index >= 15 is 0 Å². The highest BCUT2D eigenvalue weighted by Crippen LogP contribution is 2.52. The van der Waals surface area contributed by atoms with Gasteiger partial charge in [-0.2, -0.15) is 9.29 Å². The van der Waals surface area contributed by atoms with E-state index in [1.165, 1.54) is 4.31 Å². The SMILES string of the molecule is CCOc1ccc(S(=O)(=O)N2CCN(c3nc(C4(c5ccc(Cl)cc5)CC4)no3)CC2)cc1. The molecule has 0 radical (unpaired) electrons. The number of piperazine rings is 1. The molecule has 174 valence electrons. The van der Waals surface area contributed by atoms with Crippen molar-refractivity contribution in [1.82, 2.24) is 14.4 Å². The average Bonchev–Trinajstić information content (AvgIpc) is 3.49. The molecule has 2 aromatic carbocycles. The van der Waals surface area contributed by atoms with Gasteiger partial charge in [0.05, 0.1) is 16.9 Å². The normalized spacial score (nSPS) is 18.3. The quantitative estimate of drug-likeness (QED) is 0.500. The molecule has 0 unspecified atom stereocenters. The summed E-state index contributed by atoms with van der Waals surface area (Å²) in [6.45, 7) is 4.06. The molecule has 1 aromatic heterocycles. The van der Waals surface area contributed by atoms with Crippen LogP contribution in [0.4, 0.5) is 6.01 Å². The summed E-state index contributed by atoms with van der Waals surface area (Å²) in [4.78, 5) is 6.88. The zero-order valence-electron chi connectivity index (χ0n) is 18.3. The van der Waals surface area contributed by atoms with Crippen molar-refractivity contribution >= 4 is 27.6 Å². The van der Waals surface area contributed by atoms with Crippen LogP contribution in [0, 0.1) is 0 Å². The van der Waals surface area contributed by atoms with Crippen LogP contribution >= 0.6 is 11.6 Å². The number of sulfonamides is 1.